The number of aliphatic hydroxyl groups is 6. The number of halogens is 2. The highest BCUT2D eigenvalue weighted by Crippen LogP contribution is 2.51. The van der Waals surface area contributed by atoms with Crippen LogP contribution < -0.4 is 62.3 Å². The fourth-order valence-electron chi connectivity index (χ4n) is 16.3. The molecule has 18 atom stereocenters. The van der Waals surface area contributed by atoms with Gasteiger partial charge >= 0.3 is 18.0 Å². The van der Waals surface area contributed by atoms with Gasteiger partial charge in [-0.15, -0.1) is 0 Å². The van der Waals surface area contributed by atoms with Crippen molar-refractivity contribution in [3.8, 4) is 57.1 Å². The third-order valence-corrected chi connectivity index (χ3v) is 23.8. The molecule has 0 aliphatic carbocycles. The molecule has 36 heteroatoms. The number of ketones is 2. The Morgan fingerprint density at radius 2 is 1.34 bits per heavy atom. The summed E-state index contributed by atoms with van der Waals surface area (Å²) in [6, 6.07) is 13.1. The number of anilines is 1. The number of urea groups is 1. The zero-order chi connectivity index (χ0) is 91.3. The number of aromatic hydroxyl groups is 2. The number of rotatable bonds is 28. The summed E-state index contributed by atoms with van der Waals surface area (Å²) in [5.74, 6) is -19.9. The summed E-state index contributed by atoms with van der Waals surface area (Å²) in [6.45, 7) is 10.1. The number of primary amides is 1. The maximum Gasteiger partial charge on any atom is 0.330 e. The third kappa shape index (κ3) is 23.6. The number of carboxylic acid groups (broad SMARTS) is 1. The van der Waals surface area contributed by atoms with Gasteiger partial charge in [0.2, 0.25) is 41.6 Å². The standard InChI is InChI=1S/C90H110Cl2N8O26/c1-7-9-10-14-17-45-19-24-52(25-20-45)96-89(119)95-29-16-13-11-12-15-18-69(107)121-53-38-56-71(60(103)39-53)55-31-47(21-26-59(55)102)54-40-62(105)72-50-35-65(122-63-27-22-48(32-57(63)91)76(108)74(99-83(113)46(8-2)30-43(3)4)61(104)34-51(37-68(93)106)84(114)97-72)80(126-88-81(79(111)78(110)67(42-101)124-88)125-70-41-90(6,94)82(112)44(5)120-70)66(36-50)123-64-28-23-49(33-58(64)92)77(109)75(100-85(54)115)86(116)98-73(56)87(117)118/h19-28,31-33,35-36,38-39,43-44,46,51,54,67,70,72-79,81-82,88,101-103,108-112H,7-18,29-30,34,37,40-42,94H2,1-6H3,(H2,93,106)(H,97,114)(H,98,116)(H,99,113)(H,100,115)(H,117,118)(H2,95,96,119)/t44-,46+,51-,54+,67+,70-,72+,73-,74-,75-,76+,77+,78+,79-,81+,82+,88-,90-/m0/s1. The van der Waals surface area contributed by atoms with Crippen molar-refractivity contribution in [1.29, 1.82) is 0 Å². The number of aryl methyl sites for hydroxylation is 1. The molecular weight excluding hydrogens is 1680 g/mol. The molecule has 126 heavy (non-hydrogen) atoms. The number of carbonyl (C=O) groups is 10. The Bertz CT molecular complexity index is 4980. The number of nitrogens with one attached hydrogen (secondary N) is 6. The summed E-state index contributed by atoms with van der Waals surface area (Å²) in [6.07, 6.45) is -11.9. The van der Waals surface area contributed by atoms with E-state index in [1.807, 2.05) is 38.1 Å². The predicted molar refractivity (Wildman–Crippen MR) is 456 cm³/mol. The number of fused-ring (bicyclic) bond motifs is 15. The molecule has 7 heterocycles. The number of phenols is 2. The Balaban J connectivity index is 1.00. The molecule has 7 aliphatic heterocycles. The molecule has 680 valence electrons. The molecule has 6 aromatic rings. The highest BCUT2D eigenvalue weighted by Gasteiger charge is 2.52. The molecule has 7 aliphatic rings. The second-order valence-corrected chi connectivity index (χ2v) is 34.2. The van der Waals surface area contributed by atoms with E-state index in [9.17, 15) is 69.9 Å². The molecule has 7 amide bonds. The maximum atomic E-state index is 16.5. The SMILES string of the molecule is CCCCCCc1ccc(NC(=O)NCCCCCCCC(=O)Oc2cc(O)c3c(c2)[C@@H](C(=O)O)NC(=O)[C@H]2NC(=O)[C@H](CC(=O)[C@@H]4NC(=O)[C@H](CC(N)=O)CC(=O)[C@H](NC(=O)[C@H](CC)CC(C)C)[C@H](O)c5ccc(c(Cl)c5)Oc5cc4cc(c5O[C@@H]4O[C@H](CO)[C@@H](O)[C@H](O)[C@H]4O[C@H]4C[C@](C)(N)[C@H](O)[C@H](C)O4)Oc4ccc(cc4Cl)[C@H]2O)c2ccc(O)c-3c2)cc1. The summed E-state index contributed by atoms with van der Waals surface area (Å²) in [5.41, 5.74) is 10.3. The maximum absolute atomic E-state index is 16.5. The molecule has 0 spiro atoms. The number of carboxylic acids is 1. The molecule has 0 unspecified atom stereocenters. The number of unbranched alkanes of at least 4 members (excludes halogenated alkanes) is 7. The third-order valence-electron chi connectivity index (χ3n) is 23.2. The van der Waals surface area contributed by atoms with Crippen LogP contribution in [0.4, 0.5) is 10.5 Å². The Hall–Kier alpha value is -10.6. The largest absolute Gasteiger partial charge is 0.507 e. The van der Waals surface area contributed by atoms with Crippen LogP contribution in [0.2, 0.25) is 10.0 Å². The van der Waals surface area contributed by atoms with Crippen molar-refractivity contribution in [3.63, 3.8) is 0 Å². The molecule has 2 saturated heterocycles. The van der Waals surface area contributed by atoms with Gasteiger partial charge in [0.25, 0.3) is 0 Å². The van der Waals surface area contributed by atoms with Crippen molar-refractivity contribution in [2.24, 2.45) is 29.2 Å². The summed E-state index contributed by atoms with van der Waals surface area (Å²) in [7, 11) is 0. The summed E-state index contributed by atoms with van der Waals surface area (Å²) in [4.78, 5) is 146. The van der Waals surface area contributed by atoms with Crippen LogP contribution in [0.25, 0.3) is 11.1 Å². The van der Waals surface area contributed by atoms with Gasteiger partial charge in [-0.25, -0.2) is 9.59 Å². The smallest absolute Gasteiger partial charge is 0.330 e. The number of amides is 7. The second-order valence-electron chi connectivity index (χ2n) is 33.4. The minimum Gasteiger partial charge on any atom is -0.507 e. The molecule has 13 rings (SSSR count). The second kappa shape index (κ2) is 42.8. The van der Waals surface area contributed by atoms with E-state index in [4.69, 9.17) is 67.8 Å². The Morgan fingerprint density at radius 3 is 1.97 bits per heavy atom. The minimum absolute atomic E-state index is 0.0314. The highest BCUT2D eigenvalue weighted by molar-refractivity contribution is 6.32. The number of aliphatic hydroxyl groups excluding tert-OH is 6. The lowest BCUT2D eigenvalue weighted by Crippen LogP contribution is -2.64. The van der Waals surface area contributed by atoms with Crippen molar-refractivity contribution in [1.82, 2.24) is 26.6 Å². The van der Waals surface area contributed by atoms with E-state index in [1.54, 1.807) is 6.92 Å². The van der Waals surface area contributed by atoms with Crippen LogP contribution in [-0.2, 0) is 63.8 Å². The monoisotopic (exact) mass is 1790 g/mol. The summed E-state index contributed by atoms with van der Waals surface area (Å²) >= 11 is 14.3. The number of carbonyl (C=O) groups excluding carboxylic acids is 9. The minimum atomic E-state index is -2.31. The normalized spacial score (nSPS) is 25.9. The van der Waals surface area contributed by atoms with E-state index in [0.29, 0.717) is 50.8 Å². The zero-order valence-electron chi connectivity index (χ0n) is 70.5. The number of Topliss-reactive ketones (excluding diaryl/α,β-unsaturated/α-hetero) is 2. The van der Waals surface area contributed by atoms with E-state index in [0.717, 1.165) is 80.3 Å². The first-order valence-electron chi connectivity index (χ1n) is 42.3. The zero-order valence-corrected chi connectivity index (χ0v) is 72.0. The Kier molecular flexibility index (Phi) is 32.6. The molecule has 2 fully saturated rings. The number of phenolic OH excluding ortho intramolecular Hbond substituents is 2. The van der Waals surface area contributed by atoms with Gasteiger partial charge in [-0.05, 0) is 153 Å². The first kappa shape index (κ1) is 96.0. The first-order chi connectivity index (χ1) is 59.9. The van der Waals surface area contributed by atoms with Crippen molar-refractivity contribution >= 4 is 88.0 Å². The highest BCUT2D eigenvalue weighted by atomic mass is 35.5. The van der Waals surface area contributed by atoms with Crippen molar-refractivity contribution in [2.45, 2.75) is 248 Å². The first-order valence-corrected chi connectivity index (χ1v) is 43.1. The van der Waals surface area contributed by atoms with Crippen LogP contribution in [0.3, 0.4) is 0 Å². The van der Waals surface area contributed by atoms with Crippen molar-refractivity contribution in [3.05, 3.63) is 147 Å². The number of ether oxygens (including phenoxy) is 7. The lowest BCUT2D eigenvalue weighted by molar-refractivity contribution is -0.333. The fraction of sp³-hybridized carbons (Fsp3) is 0.489. The molecule has 0 radical (unpaired) electrons. The van der Waals surface area contributed by atoms with E-state index in [-0.39, 0.29) is 64.4 Å². The number of hydrogen-bond donors (Lipinski definition) is 17. The van der Waals surface area contributed by atoms with Crippen LogP contribution in [0.1, 0.15) is 208 Å². The van der Waals surface area contributed by atoms with Crippen LogP contribution >= 0.6 is 23.2 Å². The van der Waals surface area contributed by atoms with Gasteiger partial charge in [0.1, 0.15) is 77.4 Å². The lowest BCUT2D eigenvalue weighted by Gasteiger charge is -2.47. The van der Waals surface area contributed by atoms with Gasteiger partial charge in [-0.3, -0.25) is 38.4 Å². The van der Waals surface area contributed by atoms with Gasteiger partial charge in [-0.1, -0.05) is 120 Å². The molecule has 34 nitrogen and oxygen atoms in total. The predicted octanol–water partition coefficient (Wildman–Crippen LogP) is 9.01. The Labute approximate surface area is 737 Å². The van der Waals surface area contributed by atoms with E-state index < -0.39 is 250 Å². The quantitative estimate of drug-likeness (QED) is 0.0124. The van der Waals surface area contributed by atoms with Gasteiger partial charge in [0.05, 0.1) is 40.7 Å². The average Bonchev–Trinajstić information content (AvgIpc) is 0.763. The average molecular weight is 1790 g/mol. The van der Waals surface area contributed by atoms with E-state index in [1.165, 1.54) is 50.1 Å². The molecule has 0 aromatic heterocycles. The molecule has 11 bridgehead atoms. The van der Waals surface area contributed by atoms with Gasteiger partial charge in [0, 0.05) is 78.5 Å². The number of nitrogens with two attached hydrogens (primary N) is 2. The van der Waals surface area contributed by atoms with Gasteiger partial charge in [-0.2, -0.15) is 0 Å². The topological polar surface area (TPSA) is 542 Å². The molecular formula is C90H110Cl2N8O26. The fourth-order valence-corrected chi connectivity index (χ4v) is 16.7. The van der Waals surface area contributed by atoms with Crippen LogP contribution in [0.15, 0.2) is 103 Å². The van der Waals surface area contributed by atoms with Crippen LogP contribution in [0.5, 0.6) is 46.0 Å². The van der Waals surface area contributed by atoms with E-state index >= 15 is 24.0 Å². The van der Waals surface area contributed by atoms with Crippen molar-refractivity contribution < 1.29 is 127 Å². The van der Waals surface area contributed by atoms with Crippen molar-refractivity contribution in [2.75, 3.05) is 18.5 Å². The van der Waals surface area contributed by atoms with Gasteiger partial charge < -0.3 is 122 Å². The molecule has 19 N–H and O–H groups in total. The molecule has 0 saturated carbocycles. The number of esters is 1. The van der Waals surface area contributed by atoms with Crippen LogP contribution in [0, 0.1) is 17.8 Å². The molecule has 6 aromatic carbocycles. The number of aliphatic carboxylic acids is 1. The lowest BCUT2D eigenvalue weighted by atomic mass is 9.84. The Morgan fingerprint density at radius 1 is 0.690 bits per heavy atom. The van der Waals surface area contributed by atoms with Crippen LogP contribution in [-0.4, -0.2) is 185 Å². The van der Waals surface area contributed by atoms with E-state index in [2.05, 4.69) is 38.8 Å². The number of benzene rings is 6. The number of hydrogen-bond acceptors (Lipinski definition) is 26. The summed E-state index contributed by atoms with van der Waals surface area (Å²) in [5, 5.41) is 121. The van der Waals surface area contributed by atoms with Gasteiger partial charge in [0.15, 0.2) is 41.5 Å². The summed E-state index contributed by atoms with van der Waals surface area (Å²) < 4.78 is 44.5.